The highest BCUT2D eigenvalue weighted by atomic mass is 35.5. The predicted molar refractivity (Wildman–Crippen MR) is 83.4 cm³/mol. The maximum atomic E-state index is 5.84. The third kappa shape index (κ3) is 4.93. The van der Waals surface area contributed by atoms with Crippen LogP contribution in [0.3, 0.4) is 0 Å². The minimum atomic E-state index is 0.424. The molecule has 1 fully saturated rings. The summed E-state index contributed by atoms with van der Waals surface area (Å²) in [6.07, 6.45) is 6.41. The summed E-state index contributed by atoms with van der Waals surface area (Å²) in [6, 6.07) is 5.35. The Morgan fingerprint density at radius 2 is 2.00 bits per heavy atom. The van der Waals surface area contributed by atoms with Crippen molar-refractivity contribution in [1.29, 1.82) is 0 Å². The Balaban J connectivity index is 1.72. The summed E-state index contributed by atoms with van der Waals surface area (Å²) >= 11 is 5.84. The molecule has 0 aliphatic heterocycles. The van der Waals surface area contributed by atoms with Crippen molar-refractivity contribution >= 4 is 17.4 Å². The van der Waals surface area contributed by atoms with Crippen LogP contribution in [0.2, 0.25) is 5.02 Å². The summed E-state index contributed by atoms with van der Waals surface area (Å²) < 4.78 is 5.16. The molecule has 2 rings (SSSR count). The molecule has 1 aromatic rings. The summed E-state index contributed by atoms with van der Waals surface area (Å²) in [5.74, 6) is 0.915. The van der Waals surface area contributed by atoms with Gasteiger partial charge in [0.1, 0.15) is 5.82 Å². The summed E-state index contributed by atoms with van der Waals surface area (Å²) in [6.45, 7) is 2.94. The minimum absolute atomic E-state index is 0.424. The Hall–Kier alpha value is -0.840. The van der Waals surface area contributed by atoms with Gasteiger partial charge in [-0.1, -0.05) is 11.6 Å². The number of pyridine rings is 1. The first kappa shape index (κ1) is 15.5. The molecular weight excluding hydrogens is 274 g/mol. The normalized spacial score (nSPS) is 24.4. The van der Waals surface area contributed by atoms with Crippen molar-refractivity contribution in [3.8, 4) is 0 Å². The molecule has 1 saturated carbocycles. The Morgan fingerprint density at radius 3 is 2.60 bits per heavy atom. The van der Waals surface area contributed by atoms with E-state index in [0.29, 0.717) is 23.1 Å². The molecular formula is C15H24ClN3O. The molecule has 5 heteroatoms. The second-order valence-corrected chi connectivity index (χ2v) is 6.01. The Bertz CT molecular complexity index is 391. The summed E-state index contributed by atoms with van der Waals surface area (Å²) in [4.78, 5) is 4.29. The fourth-order valence-electron chi connectivity index (χ4n) is 2.78. The molecule has 112 valence electrons. The van der Waals surface area contributed by atoms with E-state index in [0.717, 1.165) is 12.4 Å². The lowest BCUT2D eigenvalue weighted by Gasteiger charge is -2.31. The van der Waals surface area contributed by atoms with Crippen molar-refractivity contribution in [2.24, 2.45) is 0 Å². The van der Waals surface area contributed by atoms with Gasteiger partial charge in [0, 0.05) is 31.4 Å². The van der Waals surface area contributed by atoms with E-state index in [1.807, 2.05) is 12.1 Å². The topological polar surface area (TPSA) is 46.2 Å². The van der Waals surface area contributed by atoms with Gasteiger partial charge in [0.25, 0.3) is 0 Å². The van der Waals surface area contributed by atoms with E-state index in [1.165, 1.54) is 25.7 Å². The lowest BCUT2D eigenvalue weighted by atomic mass is 9.90. The average molecular weight is 298 g/mol. The fraction of sp³-hybridized carbons (Fsp3) is 0.667. The average Bonchev–Trinajstić information content (AvgIpc) is 2.44. The number of anilines is 1. The van der Waals surface area contributed by atoms with Gasteiger partial charge in [-0.05, 0) is 44.7 Å². The number of methoxy groups -OCH3 is 1. The number of aromatic nitrogens is 1. The van der Waals surface area contributed by atoms with Crippen LogP contribution in [-0.2, 0) is 4.74 Å². The number of nitrogens with zero attached hydrogens (tertiary/aromatic N) is 1. The monoisotopic (exact) mass is 297 g/mol. The van der Waals surface area contributed by atoms with Gasteiger partial charge in [0.05, 0.1) is 11.6 Å². The molecule has 1 aliphatic rings. The van der Waals surface area contributed by atoms with E-state index in [9.17, 15) is 0 Å². The summed E-state index contributed by atoms with van der Waals surface area (Å²) in [5.41, 5.74) is 0. The van der Waals surface area contributed by atoms with Gasteiger partial charge >= 0.3 is 0 Å². The summed E-state index contributed by atoms with van der Waals surface area (Å²) in [5, 5.41) is 7.79. The Morgan fingerprint density at radius 1 is 1.30 bits per heavy atom. The van der Waals surface area contributed by atoms with E-state index in [-0.39, 0.29) is 0 Å². The van der Waals surface area contributed by atoms with Crippen LogP contribution in [0.5, 0.6) is 0 Å². The number of hydrogen-bond acceptors (Lipinski definition) is 4. The fourth-order valence-corrected chi connectivity index (χ4v) is 2.89. The van der Waals surface area contributed by atoms with E-state index >= 15 is 0 Å². The molecule has 0 aromatic carbocycles. The van der Waals surface area contributed by atoms with E-state index in [2.05, 4.69) is 22.5 Å². The largest absolute Gasteiger partial charge is 0.383 e. The SMILES string of the molecule is COCC(C)NC1CCC(Nc2ccc(Cl)cn2)CC1. The lowest BCUT2D eigenvalue weighted by molar-refractivity contribution is 0.161. The first-order chi connectivity index (χ1) is 9.67. The molecule has 0 saturated heterocycles. The second-order valence-electron chi connectivity index (χ2n) is 5.58. The van der Waals surface area contributed by atoms with Gasteiger partial charge in [-0.2, -0.15) is 0 Å². The Labute approximate surface area is 126 Å². The highest BCUT2D eigenvalue weighted by Crippen LogP contribution is 2.22. The third-order valence-electron chi connectivity index (χ3n) is 3.74. The van der Waals surface area contributed by atoms with E-state index < -0.39 is 0 Å². The number of hydrogen-bond donors (Lipinski definition) is 2. The molecule has 1 heterocycles. The second kappa shape index (κ2) is 7.81. The molecule has 0 spiro atoms. The molecule has 4 nitrogen and oxygen atoms in total. The highest BCUT2D eigenvalue weighted by Gasteiger charge is 2.22. The predicted octanol–water partition coefficient (Wildman–Crippen LogP) is 3.08. The minimum Gasteiger partial charge on any atom is -0.383 e. The third-order valence-corrected chi connectivity index (χ3v) is 3.97. The molecule has 0 radical (unpaired) electrons. The Kier molecular flexibility index (Phi) is 6.07. The zero-order valence-electron chi connectivity index (χ0n) is 12.2. The molecule has 1 aliphatic carbocycles. The number of nitrogens with one attached hydrogen (secondary N) is 2. The van der Waals surface area contributed by atoms with E-state index in [1.54, 1.807) is 13.3 Å². The van der Waals surface area contributed by atoms with Crippen molar-refractivity contribution in [2.45, 2.75) is 50.7 Å². The van der Waals surface area contributed by atoms with Crippen LogP contribution in [0.1, 0.15) is 32.6 Å². The zero-order chi connectivity index (χ0) is 14.4. The van der Waals surface area contributed by atoms with Gasteiger partial charge in [-0.15, -0.1) is 0 Å². The van der Waals surface area contributed by atoms with Crippen LogP contribution in [0, 0.1) is 0 Å². The number of rotatable bonds is 6. The number of ether oxygens (including phenoxy) is 1. The molecule has 1 unspecified atom stereocenters. The van der Waals surface area contributed by atoms with Crippen LogP contribution in [0.25, 0.3) is 0 Å². The number of halogens is 1. The molecule has 0 amide bonds. The van der Waals surface area contributed by atoms with Crippen LogP contribution in [0.4, 0.5) is 5.82 Å². The van der Waals surface area contributed by atoms with E-state index in [4.69, 9.17) is 16.3 Å². The van der Waals surface area contributed by atoms with Crippen LogP contribution in [0.15, 0.2) is 18.3 Å². The smallest absolute Gasteiger partial charge is 0.126 e. The van der Waals surface area contributed by atoms with Gasteiger partial charge < -0.3 is 15.4 Å². The first-order valence-electron chi connectivity index (χ1n) is 7.30. The highest BCUT2D eigenvalue weighted by molar-refractivity contribution is 6.30. The lowest BCUT2D eigenvalue weighted by Crippen LogP contribution is -2.42. The van der Waals surface area contributed by atoms with Crippen LogP contribution in [-0.4, -0.2) is 36.8 Å². The maximum Gasteiger partial charge on any atom is 0.126 e. The first-order valence-corrected chi connectivity index (χ1v) is 7.68. The molecule has 2 N–H and O–H groups in total. The van der Waals surface area contributed by atoms with Crippen molar-refractivity contribution in [2.75, 3.05) is 19.0 Å². The standard InChI is InChI=1S/C15H24ClN3O/c1-11(10-20-2)18-13-4-6-14(7-5-13)19-15-8-3-12(16)9-17-15/h3,8-9,11,13-14,18H,4-7,10H2,1-2H3,(H,17,19). The van der Waals surface area contributed by atoms with Gasteiger partial charge in [-0.25, -0.2) is 4.98 Å². The van der Waals surface area contributed by atoms with Crippen molar-refractivity contribution in [1.82, 2.24) is 10.3 Å². The van der Waals surface area contributed by atoms with Crippen molar-refractivity contribution in [3.05, 3.63) is 23.4 Å². The van der Waals surface area contributed by atoms with Gasteiger partial charge in [-0.3, -0.25) is 0 Å². The molecule has 1 aromatic heterocycles. The zero-order valence-corrected chi connectivity index (χ0v) is 13.0. The summed E-state index contributed by atoms with van der Waals surface area (Å²) in [7, 11) is 1.75. The van der Waals surface area contributed by atoms with Crippen molar-refractivity contribution in [3.63, 3.8) is 0 Å². The van der Waals surface area contributed by atoms with Crippen LogP contribution >= 0.6 is 11.6 Å². The molecule has 0 bridgehead atoms. The quantitative estimate of drug-likeness (QED) is 0.847. The van der Waals surface area contributed by atoms with Crippen LogP contribution < -0.4 is 10.6 Å². The molecule has 20 heavy (non-hydrogen) atoms. The van der Waals surface area contributed by atoms with Crippen molar-refractivity contribution < 1.29 is 4.74 Å². The van der Waals surface area contributed by atoms with Gasteiger partial charge in [0.15, 0.2) is 0 Å². The molecule has 1 atom stereocenters. The van der Waals surface area contributed by atoms with Gasteiger partial charge in [0.2, 0.25) is 0 Å². The maximum absolute atomic E-state index is 5.84.